The highest BCUT2D eigenvalue weighted by Gasteiger charge is 2.44. The first kappa shape index (κ1) is 21.4. The SMILES string of the molecule is CC1(NS(=O)(=O)c2cccc(NC(=O)c3cccnc3N3CCC4(CC3)CC4)c2)CCC1. The van der Waals surface area contributed by atoms with Crippen LogP contribution in [-0.4, -0.2) is 37.9 Å². The second-order valence-electron chi connectivity index (χ2n) is 9.86. The normalized spacial score (nSPS) is 21.1. The van der Waals surface area contributed by atoms with E-state index in [0.29, 0.717) is 22.5 Å². The molecule has 2 aromatic rings. The van der Waals surface area contributed by atoms with Gasteiger partial charge in [-0.05, 0) is 87.6 Å². The number of rotatable bonds is 6. The molecule has 2 saturated carbocycles. The Kier molecular flexibility index (Phi) is 5.25. The summed E-state index contributed by atoms with van der Waals surface area (Å²) >= 11 is 0. The number of pyridine rings is 1. The van der Waals surface area contributed by atoms with Gasteiger partial charge < -0.3 is 10.2 Å². The number of hydrogen-bond acceptors (Lipinski definition) is 5. The van der Waals surface area contributed by atoms with E-state index in [2.05, 4.69) is 19.9 Å². The maximum Gasteiger partial charge on any atom is 0.259 e. The average molecular weight is 455 g/mol. The summed E-state index contributed by atoms with van der Waals surface area (Å²) in [5, 5.41) is 2.87. The van der Waals surface area contributed by atoms with Crippen LogP contribution in [0.4, 0.5) is 11.5 Å². The molecular weight excluding hydrogens is 424 g/mol. The van der Waals surface area contributed by atoms with Gasteiger partial charge in [0.05, 0.1) is 10.5 Å². The van der Waals surface area contributed by atoms with Crippen molar-refractivity contribution in [2.45, 2.75) is 62.3 Å². The summed E-state index contributed by atoms with van der Waals surface area (Å²) in [6, 6.07) is 9.95. The quantitative estimate of drug-likeness (QED) is 0.690. The van der Waals surface area contributed by atoms with Crippen LogP contribution in [0, 0.1) is 5.41 Å². The molecule has 3 fully saturated rings. The number of benzene rings is 1. The lowest BCUT2D eigenvalue weighted by molar-refractivity contribution is 0.102. The van der Waals surface area contributed by atoms with Crippen LogP contribution in [0.25, 0.3) is 0 Å². The molecule has 0 atom stereocenters. The van der Waals surface area contributed by atoms with Crippen molar-refractivity contribution in [3.63, 3.8) is 0 Å². The number of carbonyl (C=O) groups excluding carboxylic acids is 1. The van der Waals surface area contributed by atoms with Crippen LogP contribution in [-0.2, 0) is 10.0 Å². The first-order valence-electron chi connectivity index (χ1n) is 11.4. The molecule has 1 aliphatic heterocycles. The molecule has 1 saturated heterocycles. The maximum absolute atomic E-state index is 13.1. The lowest BCUT2D eigenvalue weighted by atomic mass is 9.80. The van der Waals surface area contributed by atoms with Gasteiger partial charge in [0.25, 0.3) is 5.91 Å². The molecule has 5 rings (SSSR count). The summed E-state index contributed by atoms with van der Waals surface area (Å²) < 4.78 is 28.5. The van der Waals surface area contributed by atoms with E-state index in [-0.39, 0.29) is 16.3 Å². The van der Waals surface area contributed by atoms with E-state index in [9.17, 15) is 13.2 Å². The van der Waals surface area contributed by atoms with E-state index in [1.165, 1.54) is 18.9 Å². The minimum atomic E-state index is -3.65. The van der Waals surface area contributed by atoms with Crippen LogP contribution in [0.2, 0.25) is 0 Å². The lowest BCUT2D eigenvalue weighted by Gasteiger charge is -2.38. The summed E-state index contributed by atoms with van der Waals surface area (Å²) in [6.07, 6.45) is 9.36. The van der Waals surface area contributed by atoms with Gasteiger partial charge in [0.2, 0.25) is 10.0 Å². The number of amides is 1. The van der Waals surface area contributed by atoms with Crippen molar-refractivity contribution in [3.05, 3.63) is 48.2 Å². The molecule has 32 heavy (non-hydrogen) atoms. The minimum absolute atomic E-state index is 0.153. The summed E-state index contributed by atoms with van der Waals surface area (Å²) in [5.74, 6) is 0.414. The Morgan fingerprint density at radius 3 is 2.44 bits per heavy atom. The number of anilines is 2. The van der Waals surface area contributed by atoms with Gasteiger partial charge in [-0.3, -0.25) is 4.79 Å². The Hall–Kier alpha value is -2.45. The van der Waals surface area contributed by atoms with Gasteiger partial charge in [-0.2, -0.15) is 0 Å². The molecule has 2 aliphatic carbocycles. The van der Waals surface area contributed by atoms with E-state index < -0.39 is 10.0 Å². The molecule has 1 aromatic carbocycles. The molecule has 0 bridgehead atoms. The van der Waals surface area contributed by atoms with Crippen LogP contribution >= 0.6 is 0 Å². The number of piperidine rings is 1. The standard InChI is InChI=1S/C24H30N4O3S/c1-23(8-4-9-23)27-32(30,31)19-6-2-5-18(17-19)26-22(29)20-7-3-14-25-21(20)28-15-12-24(10-11-24)13-16-28/h2-3,5-7,14,17,27H,4,8-13,15-16H2,1H3,(H,26,29). The predicted molar refractivity (Wildman–Crippen MR) is 124 cm³/mol. The maximum atomic E-state index is 13.1. The number of carbonyl (C=O) groups is 1. The first-order valence-corrected chi connectivity index (χ1v) is 12.9. The van der Waals surface area contributed by atoms with Crippen LogP contribution in [0.5, 0.6) is 0 Å². The Labute approximate surface area is 189 Å². The van der Waals surface area contributed by atoms with E-state index >= 15 is 0 Å². The molecule has 2 N–H and O–H groups in total. The second-order valence-corrected chi connectivity index (χ2v) is 11.5. The molecule has 1 aromatic heterocycles. The Morgan fingerprint density at radius 2 is 1.78 bits per heavy atom. The van der Waals surface area contributed by atoms with Crippen molar-refractivity contribution in [2.24, 2.45) is 5.41 Å². The Bertz CT molecular complexity index is 1130. The van der Waals surface area contributed by atoms with Crippen LogP contribution in [0.3, 0.4) is 0 Å². The second kappa shape index (κ2) is 7.85. The molecule has 7 nitrogen and oxygen atoms in total. The van der Waals surface area contributed by atoms with Crippen molar-refractivity contribution in [3.8, 4) is 0 Å². The summed E-state index contributed by atoms with van der Waals surface area (Å²) in [5.41, 5.74) is 1.12. The summed E-state index contributed by atoms with van der Waals surface area (Å²) in [4.78, 5) is 20.0. The number of aromatic nitrogens is 1. The first-order chi connectivity index (χ1) is 15.3. The highest BCUT2D eigenvalue weighted by atomic mass is 32.2. The predicted octanol–water partition coefficient (Wildman–Crippen LogP) is 3.94. The van der Waals surface area contributed by atoms with E-state index in [1.54, 1.807) is 36.5 Å². The van der Waals surface area contributed by atoms with Gasteiger partial charge in [-0.1, -0.05) is 6.07 Å². The highest BCUT2D eigenvalue weighted by molar-refractivity contribution is 7.89. The van der Waals surface area contributed by atoms with Crippen molar-refractivity contribution in [1.29, 1.82) is 0 Å². The van der Waals surface area contributed by atoms with Gasteiger partial charge >= 0.3 is 0 Å². The summed E-state index contributed by atoms with van der Waals surface area (Å²) in [6.45, 7) is 3.75. The molecule has 0 unspecified atom stereocenters. The van der Waals surface area contributed by atoms with Crippen LogP contribution in [0.1, 0.15) is 62.2 Å². The number of hydrogen-bond donors (Lipinski definition) is 2. The zero-order valence-electron chi connectivity index (χ0n) is 18.4. The molecule has 1 amide bonds. The zero-order valence-corrected chi connectivity index (χ0v) is 19.2. The van der Waals surface area contributed by atoms with E-state index in [1.807, 2.05) is 6.92 Å². The third-order valence-corrected chi connectivity index (χ3v) is 8.99. The fourth-order valence-corrected chi connectivity index (χ4v) is 6.34. The van der Waals surface area contributed by atoms with Gasteiger partial charge in [-0.15, -0.1) is 0 Å². The lowest BCUT2D eigenvalue weighted by Crippen LogP contribution is -2.50. The van der Waals surface area contributed by atoms with Crippen molar-refractivity contribution in [1.82, 2.24) is 9.71 Å². The summed E-state index contributed by atoms with van der Waals surface area (Å²) in [7, 11) is -3.65. The topological polar surface area (TPSA) is 91.4 Å². The molecule has 2 heterocycles. The largest absolute Gasteiger partial charge is 0.356 e. The van der Waals surface area contributed by atoms with Gasteiger partial charge in [0, 0.05) is 30.5 Å². The molecule has 3 aliphatic rings. The molecule has 170 valence electrons. The van der Waals surface area contributed by atoms with Gasteiger partial charge in [-0.25, -0.2) is 18.1 Å². The highest BCUT2D eigenvalue weighted by Crippen LogP contribution is 2.53. The molecule has 0 radical (unpaired) electrons. The minimum Gasteiger partial charge on any atom is -0.356 e. The van der Waals surface area contributed by atoms with Gasteiger partial charge in [0.1, 0.15) is 5.82 Å². The van der Waals surface area contributed by atoms with E-state index in [0.717, 1.165) is 45.2 Å². The molecule has 8 heteroatoms. The van der Waals surface area contributed by atoms with Crippen LogP contribution in [0.15, 0.2) is 47.5 Å². The van der Waals surface area contributed by atoms with Crippen molar-refractivity contribution in [2.75, 3.05) is 23.3 Å². The molecule has 1 spiro atoms. The van der Waals surface area contributed by atoms with Crippen molar-refractivity contribution >= 4 is 27.4 Å². The Balaban J connectivity index is 1.32. The number of nitrogens with one attached hydrogen (secondary N) is 2. The Morgan fingerprint density at radius 1 is 1.03 bits per heavy atom. The third kappa shape index (κ3) is 4.26. The van der Waals surface area contributed by atoms with Crippen LogP contribution < -0.4 is 14.9 Å². The fourth-order valence-electron chi connectivity index (χ4n) is 4.83. The number of sulfonamides is 1. The average Bonchev–Trinajstić information content (AvgIpc) is 3.52. The molecular formula is C24H30N4O3S. The zero-order chi connectivity index (χ0) is 22.4. The third-order valence-electron chi connectivity index (χ3n) is 7.35. The monoisotopic (exact) mass is 454 g/mol. The van der Waals surface area contributed by atoms with E-state index in [4.69, 9.17) is 0 Å². The number of nitrogens with zero attached hydrogens (tertiary/aromatic N) is 2. The fraction of sp³-hybridized carbons (Fsp3) is 0.500. The van der Waals surface area contributed by atoms with Gasteiger partial charge in [0.15, 0.2) is 0 Å². The smallest absolute Gasteiger partial charge is 0.259 e. The van der Waals surface area contributed by atoms with Crippen molar-refractivity contribution < 1.29 is 13.2 Å².